The average molecular weight is 284 g/mol. The van der Waals surface area contributed by atoms with Gasteiger partial charge < -0.3 is 10.6 Å². The Morgan fingerprint density at radius 1 is 0.905 bits per heavy atom. The number of nitrogen functional groups attached to an aromatic ring is 1. The van der Waals surface area contributed by atoms with Crippen LogP contribution >= 0.6 is 0 Å². The molecule has 0 aromatic heterocycles. The van der Waals surface area contributed by atoms with Gasteiger partial charge in [-0.3, -0.25) is 0 Å². The molecular formula is C17H24N4. The van der Waals surface area contributed by atoms with Crippen molar-refractivity contribution in [3.63, 3.8) is 0 Å². The summed E-state index contributed by atoms with van der Waals surface area (Å²) >= 11 is 0. The minimum atomic E-state index is 0.638. The van der Waals surface area contributed by atoms with Gasteiger partial charge in [0, 0.05) is 19.8 Å². The van der Waals surface area contributed by atoms with Crippen LogP contribution in [0.1, 0.15) is 19.4 Å². The average Bonchev–Trinajstić information content (AvgIpc) is 2.50. The maximum absolute atomic E-state index is 5.86. The third-order valence-corrected chi connectivity index (χ3v) is 2.83. The fourth-order valence-corrected chi connectivity index (χ4v) is 1.67. The fourth-order valence-electron chi connectivity index (χ4n) is 1.67. The van der Waals surface area contributed by atoms with Gasteiger partial charge >= 0.3 is 0 Å². The van der Waals surface area contributed by atoms with Crippen LogP contribution in [0.25, 0.3) is 0 Å². The van der Waals surface area contributed by atoms with E-state index in [1.807, 2.05) is 82.2 Å². The molecule has 21 heavy (non-hydrogen) atoms. The van der Waals surface area contributed by atoms with Gasteiger partial charge in [0.2, 0.25) is 0 Å². The van der Waals surface area contributed by atoms with Gasteiger partial charge in [-0.15, -0.1) is 5.11 Å². The maximum Gasteiger partial charge on any atom is 0.109 e. The zero-order valence-electron chi connectivity index (χ0n) is 13.5. The Balaban J connectivity index is 0.00000106. The minimum absolute atomic E-state index is 0.638. The minimum Gasteiger partial charge on any atom is -0.397 e. The number of benzene rings is 2. The molecule has 112 valence electrons. The van der Waals surface area contributed by atoms with E-state index < -0.39 is 0 Å². The van der Waals surface area contributed by atoms with Crippen molar-refractivity contribution in [3.05, 3.63) is 48.0 Å². The van der Waals surface area contributed by atoms with E-state index in [-0.39, 0.29) is 0 Å². The van der Waals surface area contributed by atoms with Crippen molar-refractivity contribution in [2.24, 2.45) is 10.2 Å². The van der Waals surface area contributed by atoms with Crippen LogP contribution in [-0.4, -0.2) is 14.1 Å². The zero-order chi connectivity index (χ0) is 15.8. The summed E-state index contributed by atoms with van der Waals surface area (Å²) in [5.74, 6) is 0. The topological polar surface area (TPSA) is 54.0 Å². The molecule has 2 aromatic carbocycles. The zero-order valence-corrected chi connectivity index (χ0v) is 13.5. The molecule has 0 saturated heterocycles. The highest BCUT2D eigenvalue weighted by molar-refractivity contribution is 5.63. The molecule has 0 saturated carbocycles. The number of aryl methyl sites for hydroxylation is 1. The lowest BCUT2D eigenvalue weighted by Gasteiger charge is -2.11. The maximum atomic E-state index is 5.86. The first kappa shape index (κ1) is 16.7. The molecule has 2 N–H and O–H groups in total. The van der Waals surface area contributed by atoms with Crippen molar-refractivity contribution in [2.45, 2.75) is 20.8 Å². The van der Waals surface area contributed by atoms with Gasteiger partial charge in [-0.2, -0.15) is 5.11 Å². The summed E-state index contributed by atoms with van der Waals surface area (Å²) in [6.07, 6.45) is 0. The molecule has 0 fully saturated rings. The quantitative estimate of drug-likeness (QED) is 0.631. The summed E-state index contributed by atoms with van der Waals surface area (Å²) in [5, 5.41) is 8.40. The Bertz CT molecular complexity index is 586. The monoisotopic (exact) mass is 284 g/mol. The second-order valence-electron chi connectivity index (χ2n) is 4.67. The third-order valence-electron chi connectivity index (χ3n) is 2.83. The van der Waals surface area contributed by atoms with Crippen LogP contribution in [0.15, 0.2) is 52.7 Å². The molecule has 0 spiro atoms. The predicted molar refractivity (Wildman–Crippen MR) is 91.9 cm³/mol. The largest absolute Gasteiger partial charge is 0.397 e. The van der Waals surface area contributed by atoms with Crippen LogP contribution < -0.4 is 10.6 Å². The molecule has 0 amide bonds. The lowest BCUT2D eigenvalue weighted by Crippen LogP contribution is -2.07. The molecule has 0 atom stereocenters. The Kier molecular flexibility index (Phi) is 6.40. The molecule has 0 aliphatic rings. The Morgan fingerprint density at radius 2 is 1.52 bits per heavy atom. The van der Waals surface area contributed by atoms with E-state index in [9.17, 15) is 0 Å². The Hall–Kier alpha value is -2.36. The van der Waals surface area contributed by atoms with Gasteiger partial charge in [0.15, 0.2) is 0 Å². The fraction of sp³-hybridized carbons (Fsp3) is 0.294. The highest BCUT2D eigenvalue weighted by Gasteiger charge is 1.98. The van der Waals surface area contributed by atoms with Gasteiger partial charge in [-0.25, -0.2) is 0 Å². The standard InChI is InChI=1S/C15H18N4.C2H6/c1-11-4-9-14(16)15(10-11)18-17-12-5-7-13(8-6-12)19(2)3;1-2/h4-10H,16H2,1-3H3;1-2H3. The van der Waals surface area contributed by atoms with Gasteiger partial charge in [-0.05, 0) is 48.9 Å². The molecule has 4 heteroatoms. The third kappa shape index (κ3) is 4.91. The number of nitrogens with zero attached hydrogens (tertiary/aromatic N) is 3. The van der Waals surface area contributed by atoms with E-state index >= 15 is 0 Å². The predicted octanol–water partition coefficient (Wildman–Crippen LogP) is 5.08. The molecule has 0 aliphatic carbocycles. The van der Waals surface area contributed by atoms with Crippen LogP contribution in [0.2, 0.25) is 0 Å². The highest BCUT2D eigenvalue weighted by atomic mass is 15.1. The van der Waals surface area contributed by atoms with E-state index in [2.05, 4.69) is 10.2 Å². The lowest BCUT2D eigenvalue weighted by atomic mass is 10.2. The first-order valence-corrected chi connectivity index (χ1v) is 7.11. The molecule has 0 heterocycles. The van der Waals surface area contributed by atoms with Crippen molar-refractivity contribution in [2.75, 3.05) is 24.7 Å². The number of anilines is 2. The van der Waals surface area contributed by atoms with Crippen molar-refractivity contribution in [3.8, 4) is 0 Å². The van der Waals surface area contributed by atoms with Crippen molar-refractivity contribution >= 4 is 22.7 Å². The van der Waals surface area contributed by atoms with E-state index in [1.54, 1.807) is 0 Å². The molecule has 2 rings (SSSR count). The normalized spacial score (nSPS) is 10.1. The van der Waals surface area contributed by atoms with Gasteiger partial charge in [-0.1, -0.05) is 19.9 Å². The summed E-state index contributed by atoms with van der Waals surface area (Å²) in [7, 11) is 4.01. The van der Waals surface area contributed by atoms with Crippen LogP contribution in [0, 0.1) is 6.92 Å². The number of nitrogens with two attached hydrogens (primary N) is 1. The lowest BCUT2D eigenvalue weighted by molar-refractivity contribution is 1.13. The summed E-state index contributed by atoms with van der Waals surface area (Å²) in [5.41, 5.74) is 10.3. The molecular weight excluding hydrogens is 260 g/mol. The van der Waals surface area contributed by atoms with Gasteiger partial charge in [0.25, 0.3) is 0 Å². The molecule has 2 aromatic rings. The molecule has 0 bridgehead atoms. The molecule has 0 aliphatic heterocycles. The SMILES string of the molecule is CC.Cc1ccc(N)c(N=Nc2ccc(N(C)C)cc2)c1. The second-order valence-corrected chi connectivity index (χ2v) is 4.67. The Morgan fingerprint density at radius 3 is 2.10 bits per heavy atom. The Labute approximate surface area is 127 Å². The number of rotatable bonds is 3. The van der Waals surface area contributed by atoms with Crippen LogP contribution in [-0.2, 0) is 0 Å². The van der Waals surface area contributed by atoms with E-state index in [1.165, 1.54) is 0 Å². The van der Waals surface area contributed by atoms with Crippen molar-refractivity contribution in [1.29, 1.82) is 0 Å². The summed E-state index contributed by atoms with van der Waals surface area (Å²) in [4.78, 5) is 2.04. The summed E-state index contributed by atoms with van der Waals surface area (Å²) in [6.45, 7) is 6.00. The van der Waals surface area contributed by atoms with Crippen LogP contribution in [0.3, 0.4) is 0 Å². The van der Waals surface area contributed by atoms with E-state index in [4.69, 9.17) is 5.73 Å². The first-order valence-electron chi connectivity index (χ1n) is 7.11. The van der Waals surface area contributed by atoms with Crippen LogP contribution in [0.4, 0.5) is 22.7 Å². The second kappa shape index (κ2) is 8.04. The number of azo groups is 1. The van der Waals surface area contributed by atoms with E-state index in [0.29, 0.717) is 11.4 Å². The molecule has 0 unspecified atom stereocenters. The molecule has 4 nitrogen and oxygen atoms in total. The first-order chi connectivity index (χ1) is 10.1. The summed E-state index contributed by atoms with van der Waals surface area (Å²) in [6, 6.07) is 13.6. The van der Waals surface area contributed by atoms with Gasteiger partial charge in [0.05, 0.1) is 11.4 Å². The van der Waals surface area contributed by atoms with Crippen molar-refractivity contribution in [1.82, 2.24) is 0 Å². The van der Waals surface area contributed by atoms with Crippen LogP contribution in [0.5, 0.6) is 0 Å². The highest BCUT2D eigenvalue weighted by Crippen LogP contribution is 2.26. The van der Waals surface area contributed by atoms with Crippen molar-refractivity contribution < 1.29 is 0 Å². The molecule has 0 radical (unpaired) electrons. The number of hydrogen-bond donors (Lipinski definition) is 1. The number of hydrogen-bond acceptors (Lipinski definition) is 4. The smallest absolute Gasteiger partial charge is 0.109 e. The van der Waals surface area contributed by atoms with Gasteiger partial charge in [0.1, 0.15) is 5.69 Å². The summed E-state index contributed by atoms with van der Waals surface area (Å²) < 4.78 is 0. The van der Waals surface area contributed by atoms with E-state index in [0.717, 1.165) is 16.9 Å².